The lowest BCUT2D eigenvalue weighted by molar-refractivity contribution is -0.118. The monoisotopic (exact) mass is 666 g/mol. The molecule has 0 aromatic carbocycles. The van der Waals surface area contributed by atoms with Gasteiger partial charge in [-0.1, -0.05) is 0 Å². The highest BCUT2D eigenvalue weighted by atomic mass is 31.2. The standard InChI is InChI=1S/C14H21N4O6P.C13H18N4O4/c1-14(22-2)10(20)9(5-23-25(21)7-19)24-13(14)18-4-3-8-11(15)16-6-17-12(8)18;1-13(20-2)9(19)8(5-18)21-12(13)17-4-3-7-10(14)15-6-16-11(7)17/h3-4,6,9-10,13,19-21H,5,7H2,1-2H3,(H2,15,16,17);3-4,6,8-9,12,18-19H,5H2,1-2H3,(H2,14,15,16)/t9-,10?,13-,14-,25?;8-,9?,12-,13-/m11/s1. The number of anilines is 2. The quantitative estimate of drug-likeness (QED) is 0.112. The van der Waals surface area contributed by atoms with Gasteiger partial charge in [-0.2, -0.15) is 0 Å². The normalized spacial score (nSPS) is 31.8. The molecule has 6 rings (SSSR count). The maximum absolute atomic E-state index is 10.7. The molecule has 2 aliphatic rings. The Balaban J connectivity index is 0.000000184. The third kappa shape index (κ3) is 5.80. The highest BCUT2D eigenvalue weighted by Crippen LogP contribution is 2.44. The molecule has 9 atom stereocenters. The summed E-state index contributed by atoms with van der Waals surface area (Å²) in [5.41, 5.74) is 10.7. The SMILES string of the molecule is CO[C@]1(C)C(O)[C@@H](CO)O[C@H]1n1ccc2c(N)ncnc21.CO[C@]1(C)C(O)[C@@H](COP(O)CO)O[C@H]1n1ccc2c(N)ncnc21. The van der Waals surface area contributed by atoms with Crippen molar-refractivity contribution >= 4 is 42.1 Å². The lowest BCUT2D eigenvalue weighted by Gasteiger charge is -2.31. The summed E-state index contributed by atoms with van der Waals surface area (Å²) < 4.78 is 31.3. The van der Waals surface area contributed by atoms with Gasteiger partial charge in [0.25, 0.3) is 0 Å². The van der Waals surface area contributed by atoms with Gasteiger partial charge in [0, 0.05) is 26.6 Å². The van der Waals surface area contributed by atoms with Gasteiger partial charge in [0.15, 0.2) is 20.8 Å². The fourth-order valence-electron chi connectivity index (χ4n) is 5.74. The van der Waals surface area contributed by atoms with Crippen LogP contribution < -0.4 is 11.5 Å². The molecule has 46 heavy (non-hydrogen) atoms. The number of aliphatic hydroxyl groups excluding tert-OH is 4. The van der Waals surface area contributed by atoms with Crippen LogP contribution in [-0.4, -0.2) is 124 Å². The second-order valence-corrected chi connectivity index (χ2v) is 12.4. The van der Waals surface area contributed by atoms with E-state index in [0.29, 0.717) is 33.7 Å². The lowest BCUT2D eigenvalue weighted by Crippen LogP contribution is -2.46. The molecule has 3 unspecified atom stereocenters. The highest BCUT2D eigenvalue weighted by Gasteiger charge is 2.56. The van der Waals surface area contributed by atoms with Crippen molar-refractivity contribution in [2.24, 2.45) is 0 Å². The van der Waals surface area contributed by atoms with Gasteiger partial charge in [0.05, 0.1) is 24.0 Å². The van der Waals surface area contributed by atoms with Crippen LogP contribution in [0.5, 0.6) is 0 Å². The van der Waals surface area contributed by atoms with Crippen LogP contribution in [0, 0.1) is 0 Å². The van der Waals surface area contributed by atoms with Crippen LogP contribution in [0.15, 0.2) is 37.2 Å². The summed E-state index contributed by atoms with van der Waals surface area (Å²) in [6.07, 6.45) is 0.916. The van der Waals surface area contributed by atoms with Crippen molar-refractivity contribution in [3.8, 4) is 0 Å². The number of nitrogens with two attached hydrogens (primary N) is 2. The predicted octanol–water partition coefficient (Wildman–Crippen LogP) is -0.383. The minimum absolute atomic E-state index is 0.0876. The first kappa shape index (κ1) is 34.2. The van der Waals surface area contributed by atoms with Gasteiger partial charge in [-0.05, 0) is 26.0 Å². The van der Waals surface area contributed by atoms with E-state index in [1.807, 2.05) is 0 Å². The van der Waals surface area contributed by atoms with Crippen molar-refractivity contribution in [3.05, 3.63) is 37.2 Å². The number of hydrogen-bond acceptors (Lipinski definition) is 16. The molecule has 252 valence electrons. The van der Waals surface area contributed by atoms with Crippen LogP contribution in [0.25, 0.3) is 22.1 Å². The Kier molecular flexibility index (Phi) is 10.1. The zero-order valence-electron chi connectivity index (χ0n) is 25.6. The molecule has 2 fully saturated rings. The number of nitrogen functional groups attached to an aromatic ring is 2. The van der Waals surface area contributed by atoms with Gasteiger partial charge in [-0.3, -0.25) is 0 Å². The average molecular weight is 667 g/mol. The zero-order valence-corrected chi connectivity index (χ0v) is 26.5. The Morgan fingerprint density at radius 3 is 1.72 bits per heavy atom. The van der Waals surface area contributed by atoms with Gasteiger partial charge >= 0.3 is 0 Å². The second-order valence-electron chi connectivity index (χ2n) is 11.1. The Bertz CT molecular complexity index is 1640. The van der Waals surface area contributed by atoms with Crippen molar-refractivity contribution in [3.63, 3.8) is 0 Å². The largest absolute Gasteiger partial charge is 0.394 e. The Morgan fingerprint density at radius 2 is 1.28 bits per heavy atom. The molecule has 19 heteroatoms. The third-order valence-corrected chi connectivity index (χ3v) is 9.31. The Hall–Kier alpha value is -3.13. The summed E-state index contributed by atoms with van der Waals surface area (Å²) in [6, 6.07) is 3.54. The van der Waals surface area contributed by atoms with E-state index in [1.54, 1.807) is 47.5 Å². The first-order valence-electron chi connectivity index (χ1n) is 14.2. The molecule has 18 nitrogen and oxygen atoms in total. The van der Waals surface area contributed by atoms with Gasteiger partial charge in [-0.25, -0.2) is 19.9 Å². The van der Waals surface area contributed by atoms with Crippen molar-refractivity contribution < 1.29 is 48.8 Å². The molecule has 9 N–H and O–H groups in total. The van der Waals surface area contributed by atoms with Crippen LogP contribution in [0.1, 0.15) is 26.3 Å². The van der Waals surface area contributed by atoms with Gasteiger partial charge in [0.2, 0.25) is 0 Å². The number of aliphatic hydroxyl groups is 4. The van der Waals surface area contributed by atoms with Crippen LogP contribution in [0.3, 0.4) is 0 Å². The number of nitrogens with zero attached hydrogens (tertiary/aromatic N) is 6. The van der Waals surface area contributed by atoms with E-state index in [0.717, 1.165) is 0 Å². The fraction of sp³-hybridized carbons (Fsp3) is 0.556. The van der Waals surface area contributed by atoms with Gasteiger partial charge < -0.3 is 69.4 Å². The number of rotatable bonds is 9. The average Bonchev–Trinajstić information content (AvgIpc) is 3.81. The molecule has 0 bridgehead atoms. The van der Waals surface area contributed by atoms with Gasteiger partial charge in [0.1, 0.15) is 77.6 Å². The summed E-state index contributed by atoms with van der Waals surface area (Å²) in [6.45, 7) is 3.06. The van der Waals surface area contributed by atoms with E-state index in [-0.39, 0.29) is 13.2 Å². The first-order valence-corrected chi connectivity index (χ1v) is 15.6. The first-order chi connectivity index (χ1) is 21.9. The van der Waals surface area contributed by atoms with E-state index in [4.69, 9.17) is 40.0 Å². The number of hydrogen-bond donors (Lipinski definition) is 7. The summed E-state index contributed by atoms with van der Waals surface area (Å²) in [7, 11) is 1.01. The molecule has 0 saturated carbocycles. The summed E-state index contributed by atoms with van der Waals surface area (Å²) >= 11 is 0. The van der Waals surface area contributed by atoms with E-state index < -0.39 is 62.8 Å². The molecule has 4 aromatic rings. The molecule has 0 radical (unpaired) electrons. The van der Waals surface area contributed by atoms with Crippen LogP contribution in [0.4, 0.5) is 11.6 Å². The molecule has 4 aromatic heterocycles. The van der Waals surface area contributed by atoms with E-state index >= 15 is 0 Å². The smallest absolute Gasteiger partial charge is 0.195 e. The number of methoxy groups -OCH3 is 2. The molecule has 2 aliphatic heterocycles. The van der Waals surface area contributed by atoms with Crippen molar-refractivity contribution in [1.29, 1.82) is 0 Å². The maximum atomic E-state index is 10.7. The minimum atomic E-state index is -1.96. The topological polar surface area (TPSA) is 261 Å². The fourth-order valence-corrected chi connectivity index (χ4v) is 6.14. The highest BCUT2D eigenvalue weighted by molar-refractivity contribution is 7.45. The molecule has 6 heterocycles. The maximum Gasteiger partial charge on any atom is 0.195 e. The summed E-state index contributed by atoms with van der Waals surface area (Å²) in [5.74, 6) is 0.713. The number of ether oxygens (including phenoxy) is 4. The number of fused-ring (bicyclic) bond motifs is 2. The van der Waals surface area contributed by atoms with Crippen LogP contribution >= 0.6 is 8.38 Å². The number of aromatic nitrogens is 6. The lowest BCUT2D eigenvalue weighted by atomic mass is 9.96. The summed E-state index contributed by atoms with van der Waals surface area (Å²) in [5, 5.41) is 40.5. The van der Waals surface area contributed by atoms with Gasteiger partial charge in [-0.15, -0.1) is 0 Å². The molecule has 0 spiro atoms. The zero-order chi connectivity index (χ0) is 33.4. The molecule has 0 aliphatic carbocycles. The third-order valence-electron chi connectivity index (χ3n) is 8.62. The second kappa shape index (κ2) is 13.5. The minimum Gasteiger partial charge on any atom is -0.394 e. The Morgan fingerprint density at radius 1 is 0.826 bits per heavy atom. The predicted molar refractivity (Wildman–Crippen MR) is 164 cm³/mol. The Labute approximate surface area is 264 Å². The molecular formula is C27H39N8O10P. The van der Waals surface area contributed by atoms with Crippen LogP contribution in [-0.2, 0) is 23.5 Å². The van der Waals surface area contributed by atoms with E-state index in [9.17, 15) is 20.2 Å². The van der Waals surface area contributed by atoms with E-state index in [1.165, 1.54) is 26.9 Å². The molecule has 0 amide bonds. The van der Waals surface area contributed by atoms with Crippen molar-refractivity contribution in [1.82, 2.24) is 29.1 Å². The van der Waals surface area contributed by atoms with E-state index in [2.05, 4.69) is 19.9 Å². The van der Waals surface area contributed by atoms with Crippen molar-refractivity contribution in [2.75, 3.05) is 45.2 Å². The summed E-state index contributed by atoms with van der Waals surface area (Å²) in [4.78, 5) is 25.7. The van der Waals surface area contributed by atoms with Crippen LogP contribution in [0.2, 0.25) is 0 Å². The molecule has 2 saturated heterocycles. The van der Waals surface area contributed by atoms with Crippen molar-refractivity contribution in [2.45, 2.75) is 61.9 Å². The molecular weight excluding hydrogens is 627 g/mol.